The average molecular weight is 398 g/mol. The van der Waals surface area contributed by atoms with Gasteiger partial charge in [-0.15, -0.1) is 0 Å². The van der Waals surface area contributed by atoms with Crippen molar-refractivity contribution in [1.82, 2.24) is 4.90 Å². The van der Waals surface area contributed by atoms with Crippen molar-refractivity contribution < 1.29 is 33.4 Å². The largest absolute Gasteiger partial charge is 0.464 e. The Kier molecular flexibility index (Phi) is 4.71. The van der Waals surface area contributed by atoms with E-state index < -0.39 is 35.7 Å². The van der Waals surface area contributed by atoms with Gasteiger partial charge in [0.25, 0.3) is 18.1 Å². The van der Waals surface area contributed by atoms with Gasteiger partial charge < -0.3 is 14.2 Å². The predicted molar refractivity (Wildman–Crippen MR) is 86.7 cm³/mol. The minimum atomic E-state index is -1.41. The smallest absolute Gasteiger partial charge is 0.358 e. The lowest BCUT2D eigenvalue weighted by molar-refractivity contribution is -0.152. The fraction of sp³-hybridized carbons (Fsp3) is 0.125. The van der Waals surface area contributed by atoms with Crippen LogP contribution in [0.25, 0.3) is 0 Å². The second-order valence-electron chi connectivity index (χ2n) is 5.02. The van der Waals surface area contributed by atoms with Gasteiger partial charge in [0, 0.05) is 0 Å². The fourth-order valence-electron chi connectivity index (χ4n) is 2.32. The molecule has 0 spiro atoms. The number of esters is 2. The van der Waals surface area contributed by atoms with Gasteiger partial charge in [-0.3, -0.25) is 9.59 Å². The standard InChI is InChI=1S/C16H9Cl2NO7/c1-24-14(22)9(6-25-16-11(18)10(17)15(23)26-16)19-12(20)7-4-2-3-5-8(7)13(19)21/h2-6,16H,1H3/b9-6-/t16-/m0/s1. The highest BCUT2D eigenvalue weighted by Gasteiger charge is 2.41. The molecule has 0 N–H and O–H groups in total. The first kappa shape index (κ1) is 18.0. The molecule has 0 radical (unpaired) electrons. The zero-order valence-electron chi connectivity index (χ0n) is 13.0. The normalized spacial score (nSPS) is 19.7. The van der Waals surface area contributed by atoms with E-state index >= 15 is 0 Å². The summed E-state index contributed by atoms with van der Waals surface area (Å²) >= 11 is 11.4. The van der Waals surface area contributed by atoms with Gasteiger partial charge >= 0.3 is 11.9 Å². The van der Waals surface area contributed by atoms with E-state index in [1.165, 1.54) is 12.1 Å². The van der Waals surface area contributed by atoms with E-state index in [0.717, 1.165) is 13.4 Å². The van der Waals surface area contributed by atoms with Gasteiger partial charge in [0.2, 0.25) is 0 Å². The Morgan fingerprint density at radius 2 is 1.73 bits per heavy atom. The number of amides is 2. The molecule has 26 heavy (non-hydrogen) atoms. The number of fused-ring (bicyclic) bond motifs is 1. The van der Waals surface area contributed by atoms with Crippen LogP contribution in [0.1, 0.15) is 20.7 Å². The number of nitrogens with zero attached hydrogens (tertiary/aromatic N) is 1. The lowest BCUT2D eigenvalue weighted by Crippen LogP contribution is -2.34. The van der Waals surface area contributed by atoms with Crippen LogP contribution in [0, 0.1) is 0 Å². The number of carbonyl (C=O) groups excluding carboxylic acids is 4. The molecule has 1 aromatic carbocycles. The maximum absolute atomic E-state index is 12.5. The summed E-state index contributed by atoms with van der Waals surface area (Å²) in [4.78, 5) is 49.0. The van der Waals surface area contributed by atoms with E-state index in [1.807, 2.05) is 0 Å². The van der Waals surface area contributed by atoms with Gasteiger partial charge in [-0.05, 0) is 12.1 Å². The van der Waals surface area contributed by atoms with Crippen molar-refractivity contribution in [3.63, 3.8) is 0 Å². The molecule has 0 fully saturated rings. The van der Waals surface area contributed by atoms with Gasteiger partial charge in [0.1, 0.15) is 16.3 Å². The molecule has 2 heterocycles. The first-order valence-corrected chi connectivity index (χ1v) is 7.80. The third kappa shape index (κ3) is 2.83. The summed E-state index contributed by atoms with van der Waals surface area (Å²) in [6.07, 6.45) is -0.657. The molecule has 2 aliphatic heterocycles. The van der Waals surface area contributed by atoms with Crippen molar-refractivity contribution >= 4 is 47.0 Å². The molecule has 0 bridgehead atoms. The van der Waals surface area contributed by atoms with E-state index in [4.69, 9.17) is 32.7 Å². The average Bonchev–Trinajstić information content (AvgIpc) is 3.04. The van der Waals surface area contributed by atoms with E-state index in [2.05, 4.69) is 4.74 Å². The molecule has 3 rings (SSSR count). The van der Waals surface area contributed by atoms with E-state index in [-0.39, 0.29) is 21.2 Å². The molecule has 2 aliphatic rings. The van der Waals surface area contributed by atoms with Gasteiger partial charge in [-0.2, -0.15) is 0 Å². The molecule has 134 valence electrons. The number of benzene rings is 1. The lowest BCUT2D eigenvalue weighted by atomic mass is 10.1. The number of methoxy groups -OCH3 is 1. The number of carbonyl (C=O) groups is 4. The first-order valence-electron chi connectivity index (χ1n) is 7.04. The third-order valence-electron chi connectivity index (χ3n) is 3.54. The van der Waals surface area contributed by atoms with Crippen LogP contribution in [0.5, 0.6) is 0 Å². The highest BCUT2D eigenvalue weighted by molar-refractivity contribution is 6.48. The van der Waals surface area contributed by atoms with Gasteiger partial charge in [0.15, 0.2) is 5.70 Å². The second kappa shape index (κ2) is 6.81. The number of cyclic esters (lactones) is 1. The van der Waals surface area contributed by atoms with Crippen molar-refractivity contribution in [2.24, 2.45) is 0 Å². The first-order chi connectivity index (χ1) is 12.4. The summed E-state index contributed by atoms with van der Waals surface area (Å²) < 4.78 is 14.5. The fourth-order valence-corrected chi connectivity index (χ4v) is 2.63. The topological polar surface area (TPSA) is 99.2 Å². The Labute approximate surface area is 156 Å². The van der Waals surface area contributed by atoms with Crippen molar-refractivity contribution in [3.05, 3.63) is 57.4 Å². The molecule has 0 saturated heterocycles. The molecule has 8 nitrogen and oxygen atoms in total. The molecule has 0 unspecified atom stereocenters. The van der Waals surface area contributed by atoms with Crippen molar-refractivity contribution in [2.75, 3.05) is 7.11 Å². The molecule has 0 aromatic heterocycles. The van der Waals surface area contributed by atoms with Crippen LogP contribution in [0.4, 0.5) is 0 Å². The number of halogens is 2. The number of hydrogen-bond acceptors (Lipinski definition) is 7. The summed E-state index contributed by atoms with van der Waals surface area (Å²) in [5.74, 6) is -3.38. The third-order valence-corrected chi connectivity index (χ3v) is 4.36. The van der Waals surface area contributed by atoms with Crippen molar-refractivity contribution in [1.29, 1.82) is 0 Å². The van der Waals surface area contributed by atoms with Crippen LogP contribution in [0.3, 0.4) is 0 Å². The molecule has 0 aliphatic carbocycles. The Hall–Kier alpha value is -2.84. The number of hydrogen-bond donors (Lipinski definition) is 0. The Bertz CT molecular complexity index is 871. The zero-order valence-corrected chi connectivity index (χ0v) is 14.5. The minimum absolute atomic E-state index is 0.126. The zero-order chi connectivity index (χ0) is 19.0. The predicted octanol–water partition coefficient (Wildman–Crippen LogP) is 1.89. The summed E-state index contributed by atoms with van der Waals surface area (Å²) in [5, 5.41) is -0.607. The van der Waals surface area contributed by atoms with Gasteiger partial charge in [0.05, 0.1) is 18.2 Å². The van der Waals surface area contributed by atoms with E-state index in [1.54, 1.807) is 12.1 Å². The van der Waals surface area contributed by atoms with E-state index in [0.29, 0.717) is 4.90 Å². The molecular formula is C16H9Cl2NO7. The summed E-state index contributed by atoms with van der Waals surface area (Å²) in [7, 11) is 1.06. The summed E-state index contributed by atoms with van der Waals surface area (Å²) in [5.41, 5.74) is -0.261. The minimum Gasteiger partial charge on any atom is -0.464 e. The SMILES string of the molecule is COC(=O)/C(=C/O[C@H]1OC(=O)C(Cl)=C1Cl)N1C(=O)c2ccccc2C1=O. The highest BCUT2D eigenvalue weighted by atomic mass is 35.5. The number of ether oxygens (including phenoxy) is 3. The van der Waals surface area contributed by atoms with Gasteiger partial charge in [-0.1, -0.05) is 35.3 Å². The molecule has 2 amide bonds. The molecular weight excluding hydrogens is 389 g/mol. The molecule has 1 atom stereocenters. The Morgan fingerprint density at radius 1 is 1.15 bits per heavy atom. The van der Waals surface area contributed by atoms with Crippen LogP contribution in [-0.2, 0) is 23.8 Å². The Morgan fingerprint density at radius 3 is 2.19 bits per heavy atom. The van der Waals surface area contributed by atoms with Crippen LogP contribution in [0.2, 0.25) is 0 Å². The lowest BCUT2D eigenvalue weighted by Gasteiger charge is -2.17. The number of rotatable bonds is 4. The summed E-state index contributed by atoms with van der Waals surface area (Å²) in [6, 6.07) is 6.05. The Balaban J connectivity index is 1.93. The van der Waals surface area contributed by atoms with Crippen LogP contribution < -0.4 is 0 Å². The summed E-state index contributed by atoms with van der Waals surface area (Å²) in [6.45, 7) is 0. The van der Waals surface area contributed by atoms with Crippen molar-refractivity contribution in [3.8, 4) is 0 Å². The molecule has 0 saturated carbocycles. The van der Waals surface area contributed by atoms with Crippen LogP contribution in [0.15, 0.2) is 46.3 Å². The monoisotopic (exact) mass is 397 g/mol. The molecule has 10 heteroatoms. The highest BCUT2D eigenvalue weighted by Crippen LogP contribution is 2.31. The van der Waals surface area contributed by atoms with Gasteiger partial charge in [-0.25, -0.2) is 14.5 Å². The number of imide groups is 1. The van der Waals surface area contributed by atoms with E-state index in [9.17, 15) is 19.2 Å². The maximum Gasteiger partial charge on any atom is 0.358 e. The second-order valence-corrected chi connectivity index (χ2v) is 5.81. The van der Waals surface area contributed by atoms with Crippen LogP contribution in [-0.4, -0.2) is 42.1 Å². The maximum atomic E-state index is 12.5. The molecule has 1 aromatic rings. The van der Waals surface area contributed by atoms with Crippen LogP contribution >= 0.6 is 23.2 Å². The quantitative estimate of drug-likeness (QED) is 0.331. The van der Waals surface area contributed by atoms with Crippen molar-refractivity contribution in [2.45, 2.75) is 6.29 Å².